The van der Waals surface area contributed by atoms with Gasteiger partial charge in [-0.25, -0.2) is 10.4 Å². The number of nitrogens with zero attached hydrogens (tertiary/aromatic N) is 5. The van der Waals surface area contributed by atoms with Gasteiger partial charge >= 0.3 is 5.97 Å². The van der Waals surface area contributed by atoms with Gasteiger partial charge in [0.1, 0.15) is 0 Å². The normalized spacial score (nSPS) is 16.6. The molecule has 0 spiro atoms. The number of aromatic nitrogens is 3. The maximum absolute atomic E-state index is 12.0. The van der Waals surface area contributed by atoms with Gasteiger partial charge in [-0.3, -0.25) is 24.9 Å². The maximum Gasteiger partial charge on any atom is 0.302 e. The fraction of sp³-hybridized carbons (Fsp3) is 0.571. The average molecular weight is 758 g/mol. The number of amides is 1. The van der Waals surface area contributed by atoms with Crippen LogP contribution in [-0.4, -0.2) is 90.4 Å². The van der Waals surface area contributed by atoms with Gasteiger partial charge < -0.3 is 18.9 Å². The SMILES string of the molecule is CCn1c(-c2cc(N3CCN4CCOCC4C3)cnc2C(C)C)c(CC(C)(C)COC(C)=O)c2cc(-c3csc(CCCCCCNNC=O)n3)ccc21. The number of fused-ring (bicyclic) bond motifs is 2. The van der Waals surface area contributed by atoms with Crippen molar-refractivity contribution in [2.24, 2.45) is 5.41 Å². The van der Waals surface area contributed by atoms with E-state index in [0.717, 1.165) is 119 Å². The second kappa shape index (κ2) is 18.2. The van der Waals surface area contributed by atoms with Crippen LogP contribution in [0.5, 0.6) is 0 Å². The summed E-state index contributed by atoms with van der Waals surface area (Å²) < 4.78 is 14.0. The zero-order valence-corrected chi connectivity index (χ0v) is 33.9. The average Bonchev–Trinajstić information content (AvgIpc) is 3.76. The molecule has 12 heteroatoms. The highest BCUT2D eigenvalue weighted by atomic mass is 32.1. The predicted octanol–water partition coefficient (Wildman–Crippen LogP) is 6.98. The molecule has 2 aliphatic rings. The van der Waals surface area contributed by atoms with Crippen molar-refractivity contribution < 1.29 is 19.1 Å². The van der Waals surface area contributed by atoms with Crippen molar-refractivity contribution in [3.05, 3.63) is 52.1 Å². The zero-order chi connectivity index (χ0) is 38.2. The Morgan fingerprint density at radius 2 is 1.98 bits per heavy atom. The Morgan fingerprint density at radius 1 is 1.15 bits per heavy atom. The molecular weight excluding hydrogens is 699 g/mol. The molecule has 1 atom stereocenters. The lowest BCUT2D eigenvalue weighted by atomic mass is 9.84. The van der Waals surface area contributed by atoms with E-state index < -0.39 is 0 Å². The monoisotopic (exact) mass is 757 g/mol. The van der Waals surface area contributed by atoms with E-state index in [1.165, 1.54) is 34.6 Å². The van der Waals surface area contributed by atoms with Crippen molar-refractivity contribution in [2.75, 3.05) is 57.4 Å². The van der Waals surface area contributed by atoms with Gasteiger partial charge in [0.05, 0.1) is 59.8 Å². The third-order valence-corrected chi connectivity index (χ3v) is 11.7. The van der Waals surface area contributed by atoms with Crippen LogP contribution in [0.2, 0.25) is 0 Å². The molecule has 3 aromatic heterocycles. The molecule has 0 saturated carbocycles. The molecule has 2 N–H and O–H groups in total. The van der Waals surface area contributed by atoms with E-state index in [1.54, 1.807) is 11.3 Å². The minimum absolute atomic E-state index is 0.225. The molecule has 54 heavy (non-hydrogen) atoms. The number of carbonyl (C=O) groups excluding carboxylic acids is 2. The van der Waals surface area contributed by atoms with Crippen LogP contribution in [0.1, 0.15) is 89.4 Å². The summed E-state index contributed by atoms with van der Waals surface area (Å²) >= 11 is 1.74. The van der Waals surface area contributed by atoms with E-state index >= 15 is 0 Å². The fourth-order valence-corrected chi connectivity index (χ4v) is 8.86. The second-order valence-corrected chi connectivity index (χ2v) is 16.8. The van der Waals surface area contributed by atoms with Crippen molar-refractivity contribution in [1.82, 2.24) is 30.3 Å². The van der Waals surface area contributed by atoms with Crippen molar-refractivity contribution in [3.8, 4) is 22.5 Å². The maximum atomic E-state index is 12.0. The lowest BCUT2D eigenvalue weighted by Crippen LogP contribution is -2.58. The molecule has 292 valence electrons. The number of morpholine rings is 1. The number of ether oxygens (including phenoxy) is 2. The summed E-state index contributed by atoms with van der Waals surface area (Å²) in [7, 11) is 0. The number of pyridine rings is 1. The smallest absolute Gasteiger partial charge is 0.302 e. The van der Waals surface area contributed by atoms with Crippen LogP contribution >= 0.6 is 11.3 Å². The number of thiazole rings is 1. The molecule has 2 aliphatic heterocycles. The highest BCUT2D eigenvalue weighted by Gasteiger charge is 2.32. The predicted molar refractivity (Wildman–Crippen MR) is 218 cm³/mol. The quantitative estimate of drug-likeness (QED) is 0.0481. The zero-order valence-electron chi connectivity index (χ0n) is 33.1. The number of piperazine rings is 1. The van der Waals surface area contributed by atoms with Gasteiger partial charge in [-0.05, 0) is 62.3 Å². The molecular formula is C42H59N7O4S. The number of anilines is 1. The second-order valence-electron chi connectivity index (χ2n) is 15.9. The van der Waals surface area contributed by atoms with Gasteiger partial charge in [0.15, 0.2) is 0 Å². The number of hydrazine groups is 1. The van der Waals surface area contributed by atoms with Crippen LogP contribution < -0.4 is 15.8 Å². The standard InChI is InChI=1S/C42H59N7O4S/c1-7-49-38-14-13-31(37-26-54-39(46-37)12-10-8-9-11-15-44-45-28-50)20-34(38)36(22-42(5,6)27-53-30(4)51)41(49)35-21-32(23-43-40(35)29(2)3)48-17-16-47-18-19-52-25-33(47)24-48/h13-14,20-21,23,26,28-29,33,44H,7-12,15-19,22,24-25,27H2,1-6H3,(H,45,50). The van der Waals surface area contributed by atoms with Crippen LogP contribution in [0.3, 0.4) is 0 Å². The van der Waals surface area contributed by atoms with Gasteiger partial charge in [-0.1, -0.05) is 46.6 Å². The first kappa shape index (κ1) is 39.8. The van der Waals surface area contributed by atoms with Crippen molar-refractivity contribution in [1.29, 1.82) is 0 Å². The summed E-state index contributed by atoms with van der Waals surface area (Å²) in [6.45, 7) is 20.0. The van der Waals surface area contributed by atoms with Gasteiger partial charge in [-0.15, -0.1) is 11.3 Å². The van der Waals surface area contributed by atoms with Crippen LogP contribution in [0.25, 0.3) is 33.4 Å². The minimum Gasteiger partial charge on any atom is -0.465 e. The molecule has 0 radical (unpaired) electrons. The molecule has 11 nitrogen and oxygen atoms in total. The summed E-state index contributed by atoms with van der Waals surface area (Å²) in [4.78, 5) is 37.7. The number of nitrogens with one attached hydrogen (secondary N) is 2. The summed E-state index contributed by atoms with van der Waals surface area (Å²) in [5.41, 5.74) is 14.3. The van der Waals surface area contributed by atoms with Crippen LogP contribution in [-0.2, 0) is 38.4 Å². The number of carbonyl (C=O) groups is 2. The third-order valence-electron chi connectivity index (χ3n) is 10.8. The molecule has 1 aromatic carbocycles. The summed E-state index contributed by atoms with van der Waals surface area (Å²) in [6, 6.07) is 9.59. The molecule has 2 fully saturated rings. The number of aryl methyl sites for hydroxylation is 2. The van der Waals surface area contributed by atoms with Gasteiger partial charge in [-0.2, -0.15) is 0 Å². The van der Waals surface area contributed by atoms with Crippen molar-refractivity contribution in [3.63, 3.8) is 0 Å². The lowest BCUT2D eigenvalue weighted by Gasteiger charge is -2.44. The van der Waals surface area contributed by atoms with Crippen molar-refractivity contribution in [2.45, 2.75) is 98.6 Å². The Bertz CT molecular complexity index is 1890. The minimum atomic E-state index is -0.307. The number of esters is 1. The number of unbranched alkanes of at least 4 members (excludes halogenated alkanes) is 3. The van der Waals surface area contributed by atoms with E-state index in [4.69, 9.17) is 19.4 Å². The highest BCUT2D eigenvalue weighted by Crippen LogP contribution is 2.43. The summed E-state index contributed by atoms with van der Waals surface area (Å²) in [5, 5.41) is 4.56. The van der Waals surface area contributed by atoms with Crippen LogP contribution in [0.15, 0.2) is 35.8 Å². The molecule has 0 bridgehead atoms. The van der Waals surface area contributed by atoms with E-state index in [1.807, 2.05) is 0 Å². The lowest BCUT2D eigenvalue weighted by molar-refractivity contribution is -0.143. The fourth-order valence-electron chi connectivity index (χ4n) is 8.01. The van der Waals surface area contributed by atoms with E-state index in [-0.39, 0.29) is 17.3 Å². The first-order valence-corrected chi connectivity index (χ1v) is 20.7. The van der Waals surface area contributed by atoms with E-state index in [0.29, 0.717) is 19.1 Å². The van der Waals surface area contributed by atoms with Gasteiger partial charge in [0.2, 0.25) is 6.41 Å². The number of hydrogen-bond acceptors (Lipinski definition) is 10. The van der Waals surface area contributed by atoms with Crippen molar-refractivity contribution >= 4 is 40.3 Å². The Balaban J connectivity index is 1.37. The number of hydrogen-bond donors (Lipinski definition) is 2. The van der Waals surface area contributed by atoms with Crippen LogP contribution in [0.4, 0.5) is 5.69 Å². The van der Waals surface area contributed by atoms with Crippen LogP contribution in [0, 0.1) is 5.41 Å². The number of rotatable bonds is 18. The molecule has 1 amide bonds. The summed E-state index contributed by atoms with van der Waals surface area (Å²) in [6.07, 6.45) is 8.78. The third kappa shape index (κ3) is 9.50. The first-order valence-electron chi connectivity index (χ1n) is 19.8. The largest absolute Gasteiger partial charge is 0.465 e. The van der Waals surface area contributed by atoms with Gasteiger partial charge in [0.25, 0.3) is 0 Å². The molecule has 5 heterocycles. The van der Waals surface area contributed by atoms with Gasteiger partial charge in [0, 0.05) is 79.0 Å². The molecule has 4 aromatic rings. The highest BCUT2D eigenvalue weighted by molar-refractivity contribution is 7.09. The molecule has 0 aliphatic carbocycles. The Labute approximate surface area is 324 Å². The van der Waals surface area contributed by atoms with E-state index in [9.17, 15) is 9.59 Å². The number of benzene rings is 1. The summed E-state index contributed by atoms with van der Waals surface area (Å²) in [5.74, 6) is -0.0322. The topological polar surface area (TPSA) is 114 Å². The Kier molecular flexibility index (Phi) is 13.4. The molecule has 2 saturated heterocycles. The Morgan fingerprint density at radius 3 is 2.76 bits per heavy atom. The molecule has 1 unspecified atom stereocenters. The Hall–Kier alpha value is -3.84. The first-order chi connectivity index (χ1) is 26.1. The molecule has 6 rings (SSSR count). The van der Waals surface area contributed by atoms with E-state index in [2.05, 4.69) is 95.7 Å².